The van der Waals surface area contributed by atoms with E-state index in [4.69, 9.17) is 13.6 Å². The van der Waals surface area contributed by atoms with Crippen LogP contribution in [0.3, 0.4) is 0 Å². The van der Waals surface area contributed by atoms with Gasteiger partial charge in [0, 0.05) is 19.3 Å². The summed E-state index contributed by atoms with van der Waals surface area (Å²) in [6.45, 7) is 15.7. The van der Waals surface area contributed by atoms with Crippen LogP contribution in [0, 0.1) is 11.8 Å². The summed E-state index contributed by atoms with van der Waals surface area (Å²) in [4.78, 5) is 24.1. The highest BCUT2D eigenvalue weighted by Crippen LogP contribution is 2.44. The molecule has 0 aliphatic heterocycles. The maximum atomic E-state index is 12.5. The quantitative estimate of drug-likeness (QED) is 0.138. The van der Waals surface area contributed by atoms with Crippen LogP contribution in [0.2, 0.25) is 39.3 Å². The van der Waals surface area contributed by atoms with Gasteiger partial charge in [0.15, 0.2) is 16.6 Å². The summed E-state index contributed by atoms with van der Waals surface area (Å²) in [5.41, 5.74) is 0. The third kappa shape index (κ3) is 12.1. The Hall–Kier alpha value is -0.506. The summed E-state index contributed by atoms with van der Waals surface area (Å²) in [6.07, 6.45) is 10.2. The molecule has 0 amide bonds. The van der Waals surface area contributed by atoms with Crippen molar-refractivity contribution in [2.75, 3.05) is 7.11 Å². The van der Waals surface area contributed by atoms with Gasteiger partial charge >= 0.3 is 5.97 Å². The van der Waals surface area contributed by atoms with Gasteiger partial charge in [-0.25, -0.2) is 0 Å². The molecule has 0 aromatic carbocycles. The Morgan fingerprint density at radius 3 is 1.78 bits per heavy atom. The van der Waals surface area contributed by atoms with E-state index in [-0.39, 0.29) is 18.2 Å². The standard InChI is InChI=1S/C25H50O5Si2/c1-9-10-11-14-20(26)17-18-22-21(15-12-13-16-25(27)28-2)23(29-31(3,4)5)19-24(22)30-32(6,7)8/h21-24H,9-19H2,1-8H3/t21-,22-,23+,24-/m1/s1. The second-order valence-electron chi connectivity index (χ2n) is 11.5. The van der Waals surface area contributed by atoms with Crippen molar-refractivity contribution < 1.29 is 23.2 Å². The molecule has 1 rings (SSSR count). The molecule has 188 valence electrons. The summed E-state index contributed by atoms with van der Waals surface area (Å²) >= 11 is 0. The number of carbonyl (C=O) groups excluding carboxylic acids is 2. The average Bonchev–Trinajstić information content (AvgIpc) is 2.95. The Morgan fingerprint density at radius 2 is 1.28 bits per heavy atom. The number of ether oxygens (including phenoxy) is 1. The monoisotopic (exact) mass is 486 g/mol. The van der Waals surface area contributed by atoms with E-state index >= 15 is 0 Å². The van der Waals surface area contributed by atoms with Gasteiger partial charge < -0.3 is 13.6 Å². The second kappa shape index (κ2) is 14.0. The van der Waals surface area contributed by atoms with Gasteiger partial charge in [0.2, 0.25) is 0 Å². The van der Waals surface area contributed by atoms with Crippen LogP contribution in [0.4, 0.5) is 0 Å². The van der Waals surface area contributed by atoms with Crippen LogP contribution in [-0.4, -0.2) is 47.7 Å². The number of methoxy groups -OCH3 is 1. The molecular formula is C25H50O5Si2. The van der Waals surface area contributed by atoms with Gasteiger partial charge in [-0.1, -0.05) is 26.2 Å². The summed E-state index contributed by atoms with van der Waals surface area (Å²) in [5, 5.41) is 0. The van der Waals surface area contributed by atoms with Crippen molar-refractivity contribution in [3.05, 3.63) is 0 Å². The van der Waals surface area contributed by atoms with E-state index in [9.17, 15) is 9.59 Å². The van der Waals surface area contributed by atoms with Crippen LogP contribution in [0.15, 0.2) is 0 Å². The first kappa shape index (κ1) is 29.5. The fourth-order valence-electron chi connectivity index (χ4n) is 4.89. The van der Waals surface area contributed by atoms with Gasteiger partial charge in [0.05, 0.1) is 19.3 Å². The first-order valence-corrected chi connectivity index (χ1v) is 19.6. The first-order valence-electron chi connectivity index (χ1n) is 12.8. The molecule has 0 aromatic heterocycles. The van der Waals surface area contributed by atoms with Gasteiger partial charge in [-0.05, 0) is 83.2 Å². The third-order valence-electron chi connectivity index (χ3n) is 6.19. The average molecular weight is 487 g/mol. The lowest BCUT2D eigenvalue weighted by Gasteiger charge is -2.31. The molecule has 1 fully saturated rings. The summed E-state index contributed by atoms with van der Waals surface area (Å²) in [7, 11) is -1.97. The topological polar surface area (TPSA) is 61.8 Å². The minimum Gasteiger partial charge on any atom is -0.469 e. The largest absolute Gasteiger partial charge is 0.469 e. The Kier molecular flexibility index (Phi) is 12.9. The molecule has 0 bridgehead atoms. The highest BCUT2D eigenvalue weighted by Gasteiger charge is 2.46. The lowest BCUT2D eigenvalue weighted by molar-refractivity contribution is -0.140. The van der Waals surface area contributed by atoms with E-state index in [1.54, 1.807) is 0 Å². The number of Topliss-reactive ketones (excluding diaryl/α,β-unsaturated/α-hetero) is 1. The van der Waals surface area contributed by atoms with Crippen LogP contribution >= 0.6 is 0 Å². The highest BCUT2D eigenvalue weighted by molar-refractivity contribution is 6.70. The van der Waals surface area contributed by atoms with Gasteiger partial charge in [-0.3, -0.25) is 9.59 Å². The zero-order valence-electron chi connectivity index (χ0n) is 22.1. The van der Waals surface area contributed by atoms with E-state index in [1.165, 1.54) is 7.11 Å². The normalized spacial score (nSPS) is 24.0. The van der Waals surface area contributed by atoms with Gasteiger partial charge in [-0.15, -0.1) is 0 Å². The van der Waals surface area contributed by atoms with Crippen molar-refractivity contribution in [2.45, 2.75) is 129 Å². The SMILES string of the molecule is CCCCCC(=O)CC[C@@H]1[C@@H](CCCCC(=O)OC)[C@@H](O[Si](C)(C)C)C[C@H]1O[Si](C)(C)C. The Balaban J connectivity index is 2.91. The van der Waals surface area contributed by atoms with Gasteiger partial charge in [0.1, 0.15) is 5.78 Å². The predicted molar refractivity (Wildman–Crippen MR) is 137 cm³/mol. The zero-order chi connectivity index (χ0) is 24.4. The first-order chi connectivity index (χ1) is 14.9. The molecule has 0 heterocycles. The van der Waals surface area contributed by atoms with Crippen molar-refractivity contribution in [2.24, 2.45) is 11.8 Å². The van der Waals surface area contributed by atoms with Crippen molar-refractivity contribution in [3.63, 3.8) is 0 Å². The van der Waals surface area contributed by atoms with Crippen molar-refractivity contribution in [1.29, 1.82) is 0 Å². The molecule has 5 nitrogen and oxygen atoms in total. The van der Waals surface area contributed by atoms with Gasteiger partial charge in [-0.2, -0.15) is 0 Å². The lowest BCUT2D eigenvalue weighted by atomic mass is 9.85. The van der Waals surface area contributed by atoms with E-state index in [0.29, 0.717) is 36.9 Å². The minimum atomic E-state index is -1.71. The van der Waals surface area contributed by atoms with Crippen LogP contribution in [-0.2, 0) is 23.2 Å². The molecule has 32 heavy (non-hydrogen) atoms. The van der Waals surface area contributed by atoms with E-state index in [1.807, 2.05) is 0 Å². The van der Waals surface area contributed by atoms with Crippen LogP contribution in [0.25, 0.3) is 0 Å². The summed E-state index contributed by atoms with van der Waals surface area (Å²) in [5.74, 6) is 1.00. The van der Waals surface area contributed by atoms with E-state index < -0.39 is 16.6 Å². The molecule has 1 aliphatic carbocycles. The fourth-order valence-corrected chi connectivity index (χ4v) is 7.24. The Bertz CT molecular complexity index is 568. The third-order valence-corrected chi connectivity index (χ3v) is 8.21. The molecule has 4 atom stereocenters. The molecule has 0 radical (unpaired) electrons. The van der Waals surface area contributed by atoms with Crippen molar-refractivity contribution in [1.82, 2.24) is 0 Å². The number of unbranched alkanes of at least 4 members (excludes halogenated alkanes) is 3. The van der Waals surface area contributed by atoms with Gasteiger partial charge in [0.25, 0.3) is 0 Å². The summed E-state index contributed by atoms with van der Waals surface area (Å²) in [6, 6.07) is 0. The highest BCUT2D eigenvalue weighted by atomic mass is 28.4. The molecule has 0 N–H and O–H groups in total. The van der Waals surface area contributed by atoms with Crippen molar-refractivity contribution in [3.8, 4) is 0 Å². The van der Waals surface area contributed by atoms with Crippen LogP contribution in [0.1, 0.15) is 77.6 Å². The maximum absolute atomic E-state index is 12.5. The smallest absolute Gasteiger partial charge is 0.305 e. The molecule has 7 heteroatoms. The van der Waals surface area contributed by atoms with E-state index in [0.717, 1.165) is 51.4 Å². The minimum absolute atomic E-state index is 0.138. The zero-order valence-corrected chi connectivity index (χ0v) is 24.1. The Morgan fingerprint density at radius 1 is 0.750 bits per heavy atom. The summed E-state index contributed by atoms with van der Waals surface area (Å²) < 4.78 is 18.1. The molecule has 0 aromatic rings. The molecule has 0 saturated heterocycles. The number of hydrogen-bond acceptors (Lipinski definition) is 5. The lowest BCUT2D eigenvalue weighted by Crippen LogP contribution is -2.35. The maximum Gasteiger partial charge on any atom is 0.305 e. The molecule has 0 spiro atoms. The fraction of sp³-hybridized carbons (Fsp3) is 0.920. The molecular weight excluding hydrogens is 436 g/mol. The number of carbonyl (C=O) groups is 2. The van der Waals surface area contributed by atoms with Crippen molar-refractivity contribution >= 4 is 28.4 Å². The van der Waals surface area contributed by atoms with Crippen LogP contribution < -0.4 is 0 Å². The predicted octanol–water partition coefficient (Wildman–Crippen LogP) is 6.73. The molecule has 0 unspecified atom stereocenters. The molecule has 1 aliphatic rings. The molecule has 1 saturated carbocycles. The number of ketones is 1. The number of esters is 1. The Labute approximate surface area is 199 Å². The second-order valence-corrected chi connectivity index (χ2v) is 20.4. The number of hydrogen-bond donors (Lipinski definition) is 0. The van der Waals surface area contributed by atoms with Crippen LogP contribution in [0.5, 0.6) is 0 Å². The number of rotatable bonds is 16. The van der Waals surface area contributed by atoms with E-state index in [2.05, 4.69) is 46.2 Å².